The second kappa shape index (κ2) is 5.94. The summed E-state index contributed by atoms with van der Waals surface area (Å²) in [6, 6.07) is 5.44. The van der Waals surface area contributed by atoms with E-state index in [9.17, 15) is 4.79 Å². The molecular formula is C14H17Cl2NO. The molecule has 4 heteroatoms. The highest BCUT2D eigenvalue weighted by molar-refractivity contribution is 6.31. The van der Waals surface area contributed by atoms with Crippen LogP contribution in [0, 0.1) is 6.92 Å². The van der Waals surface area contributed by atoms with E-state index in [0.29, 0.717) is 10.6 Å². The Kier molecular flexibility index (Phi) is 4.52. The van der Waals surface area contributed by atoms with Crippen LogP contribution in [0.2, 0.25) is 5.02 Å². The Morgan fingerprint density at radius 1 is 1.33 bits per heavy atom. The second-order valence-electron chi connectivity index (χ2n) is 4.84. The summed E-state index contributed by atoms with van der Waals surface area (Å²) in [5, 5.41) is 3.67. The molecule has 0 bridgehead atoms. The molecule has 0 saturated heterocycles. The zero-order chi connectivity index (χ0) is 13.1. The molecule has 1 N–H and O–H groups in total. The van der Waals surface area contributed by atoms with Crippen LogP contribution in [0.5, 0.6) is 0 Å². The Morgan fingerprint density at radius 3 is 2.72 bits per heavy atom. The van der Waals surface area contributed by atoms with E-state index in [0.717, 1.165) is 31.2 Å². The molecule has 2 atom stereocenters. The zero-order valence-electron chi connectivity index (χ0n) is 10.4. The van der Waals surface area contributed by atoms with Crippen molar-refractivity contribution in [2.75, 3.05) is 0 Å². The average molecular weight is 286 g/mol. The lowest BCUT2D eigenvalue weighted by atomic mass is 9.94. The van der Waals surface area contributed by atoms with E-state index in [2.05, 4.69) is 5.32 Å². The van der Waals surface area contributed by atoms with Crippen LogP contribution in [0.1, 0.15) is 41.6 Å². The fourth-order valence-corrected chi connectivity index (χ4v) is 2.76. The van der Waals surface area contributed by atoms with Gasteiger partial charge in [0.15, 0.2) is 0 Å². The molecule has 2 nitrogen and oxygen atoms in total. The van der Waals surface area contributed by atoms with Gasteiger partial charge in [-0.25, -0.2) is 0 Å². The number of rotatable bonds is 2. The van der Waals surface area contributed by atoms with Crippen LogP contribution in [-0.2, 0) is 0 Å². The molecule has 1 aromatic rings. The van der Waals surface area contributed by atoms with Gasteiger partial charge in [-0.15, -0.1) is 11.6 Å². The lowest BCUT2D eigenvalue weighted by molar-refractivity contribution is 0.0928. The van der Waals surface area contributed by atoms with Gasteiger partial charge in [-0.2, -0.15) is 0 Å². The van der Waals surface area contributed by atoms with Crippen molar-refractivity contribution >= 4 is 29.1 Å². The minimum atomic E-state index is -0.0885. The first-order chi connectivity index (χ1) is 8.58. The monoisotopic (exact) mass is 285 g/mol. The molecule has 0 radical (unpaired) electrons. The number of alkyl halides is 1. The number of halogens is 2. The van der Waals surface area contributed by atoms with E-state index in [-0.39, 0.29) is 17.3 Å². The number of amides is 1. The predicted molar refractivity (Wildman–Crippen MR) is 75.6 cm³/mol. The van der Waals surface area contributed by atoms with E-state index in [1.54, 1.807) is 12.1 Å². The summed E-state index contributed by atoms with van der Waals surface area (Å²) in [5.74, 6) is -0.0885. The third kappa shape index (κ3) is 3.18. The van der Waals surface area contributed by atoms with Crippen LogP contribution in [0.25, 0.3) is 0 Å². The number of hydrogen-bond donors (Lipinski definition) is 1. The van der Waals surface area contributed by atoms with Crippen LogP contribution in [0.4, 0.5) is 0 Å². The summed E-state index contributed by atoms with van der Waals surface area (Å²) >= 11 is 12.3. The highest BCUT2D eigenvalue weighted by atomic mass is 35.5. The first-order valence-electron chi connectivity index (χ1n) is 6.29. The van der Waals surface area contributed by atoms with E-state index >= 15 is 0 Å². The molecule has 1 saturated carbocycles. The standard InChI is InChI=1S/C14H17Cl2NO/c1-9-6-7-10(8-12(9)16)14(18)17-13-5-3-2-4-11(13)15/h6-8,11,13H,2-5H2,1H3,(H,17,18). The van der Waals surface area contributed by atoms with Crippen LogP contribution in [0.15, 0.2) is 18.2 Å². The van der Waals surface area contributed by atoms with Crippen LogP contribution in [-0.4, -0.2) is 17.3 Å². The summed E-state index contributed by atoms with van der Waals surface area (Å²) in [6.45, 7) is 1.92. The van der Waals surface area contributed by atoms with Crippen molar-refractivity contribution in [3.8, 4) is 0 Å². The second-order valence-corrected chi connectivity index (χ2v) is 5.81. The summed E-state index contributed by atoms with van der Waals surface area (Å²) in [7, 11) is 0. The average Bonchev–Trinajstić information content (AvgIpc) is 2.35. The topological polar surface area (TPSA) is 29.1 Å². The van der Waals surface area contributed by atoms with Gasteiger partial charge in [-0.05, 0) is 37.5 Å². The molecule has 0 aromatic heterocycles. The van der Waals surface area contributed by atoms with Gasteiger partial charge in [0.25, 0.3) is 5.91 Å². The highest BCUT2D eigenvalue weighted by Gasteiger charge is 2.24. The summed E-state index contributed by atoms with van der Waals surface area (Å²) < 4.78 is 0. The molecule has 1 fully saturated rings. The van der Waals surface area contributed by atoms with Gasteiger partial charge in [-0.3, -0.25) is 4.79 Å². The van der Waals surface area contributed by atoms with E-state index < -0.39 is 0 Å². The smallest absolute Gasteiger partial charge is 0.251 e. The lowest BCUT2D eigenvalue weighted by Crippen LogP contribution is -2.42. The third-order valence-corrected chi connectivity index (χ3v) is 4.36. The van der Waals surface area contributed by atoms with Gasteiger partial charge in [0, 0.05) is 16.6 Å². The fraction of sp³-hybridized carbons (Fsp3) is 0.500. The Hall–Kier alpha value is -0.730. The van der Waals surface area contributed by atoms with Crippen LogP contribution < -0.4 is 5.32 Å². The number of hydrogen-bond acceptors (Lipinski definition) is 1. The molecule has 0 heterocycles. The minimum Gasteiger partial charge on any atom is -0.348 e. The number of carbonyl (C=O) groups is 1. The fourth-order valence-electron chi connectivity index (χ4n) is 2.23. The maximum Gasteiger partial charge on any atom is 0.251 e. The summed E-state index contributed by atoms with van der Waals surface area (Å²) in [4.78, 5) is 12.1. The zero-order valence-corrected chi connectivity index (χ0v) is 11.9. The van der Waals surface area contributed by atoms with Gasteiger partial charge < -0.3 is 5.32 Å². The molecule has 1 aromatic carbocycles. The molecule has 1 amide bonds. The van der Waals surface area contributed by atoms with Crippen molar-refractivity contribution in [2.45, 2.75) is 44.0 Å². The normalized spacial score (nSPS) is 23.7. The van der Waals surface area contributed by atoms with E-state index in [1.807, 2.05) is 13.0 Å². The molecule has 2 rings (SSSR count). The maximum absolute atomic E-state index is 12.1. The molecule has 18 heavy (non-hydrogen) atoms. The Labute approximate surface area is 118 Å². The molecule has 1 aliphatic carbocycles. The largest absolute Gasteiger partial charge is 0.348 e. The van der Waals surface area contributed by atoms with Gasteiger partial charge in [0.2, 0.25) is 0 Å². The first kappa shape index (κ1) is 13.7. The molecular weight excluding hydrogens is 269 g/mol. The van der Waals surface area contributed by atoms with Crippen molar-refractivity contribution in [3.05, 3.63) is 34.3 Å². The minimum absolute atomic E-state index is 0.0450. The van der Waals surface area contributed by atoms with Crippen LogP contribution in [0.3, 0.4) is 0 Å². The Bertz CT molecular complexity index is 447. The van der Waals surface area contributed by atoms with Gasteiger partial charge in [-0.1, -0.05) is 30.5 Å². The molecule has 2 unspecified atom stereocenters. The quantitative estimate of drug-likeness (QED) is 0.820. The Morgan fingerprint density at radius 2 is 2.06 bits per heavy atom. The molecule has 0 aliphatic heterocycles. The van der Waals surface area contributed by atoms with E-state index in [1.165, 1.54) is 0 Å². The van der Waals surface area contributed by atoms with Gasteiger partial charge in [0.1, 0.15) is 0 Å². The van der Waals surface area contributed by atoms with E-state index in [4.69, 9.17) is 23.2 Å². The SMILES string of the molecule is Cc1ccc(C(=O)NC2CCCCC2Cl)cc1Cl. The van der Waals surface area contributed by atoms with Gasteiger partial charge in [0.05, 0.1) is 5.38 Å². The maximum atomic E-state index is 12.1. The number of nitrogens with one attached hydrogen (secondary N) is 1. The summed E-state index contributed by atoms with van der Waals surface area (Å²) in [5.41, 5.74) is 1.57. The number of carbonyl (C=O) groups excluding carboxylic acids is 1. The summed E-state index contributed by atoms with van der Waals surface area (Å²) in [6.07, 6.45) is 4.21. The van der Waals surface area contributed by atoms with Gasteiger partial charge >= 0.3 is 0 Å². The molecule has 1 aliphatic rings. The first-order valence-corrected chi connectivity index (χ1v) is 7.10. The van der Waals surface area contributed by atoms with Crippen LogP contribution >= 0.6 is 23.2 Å². The Balaban J connectivity index is 2.04. The number of aryl methyl sites for hydroxylation is 1. The van der Waals surface area contributed by atoms with Crippen molar-refractivity contribution in [1.29, 1.82) is 0 Å². The third-order valence-electron chi connectivity index (χ3n) is 3.43. The van der Waals surface area contributed by atoms with Crippen molar-refractivity contribution in [1.82, 2.24) is 5.32 Å². The van der Waals surface area contributed by atoms with Crippen molar-refractivity contribution in [3.63, 3.8) is 0 Å². The van der Waals surface area contributed by atoms with Crippen molar-refractivity contribution < 1.29 is 4.79 Å². The highest BCUT2D eigenvalue weighted by Crippen LogP contribution is 2.23. The molecule has 0 spiro atoms. The molecule has 98 valence electrons. The number of benzene rings is 1. The lowest BCUT2D eigenvalue weighted by Gasteiger charge is -2.27. The predicted octanol–water partition coefficient (Wildman–Crippen LogP) is 3.93. The van der Waals surface area contributed by atoms with Crippen molar-refractivity contribution in [2.24, 2.45) is 0 Å².